The van der Waals surface area contributed by atoms with Crippen LogP contribution < -0.4 is 4.74 Å². The molecule has 1 aliphatic heterocycles. The highest BCUT2D eigenvalue weighted by atomic mass is 16.5. The molecule has 0 aromatic heterocycles. The number of hydrogen-bond acceptors (Lipinski definition) is 5. The Morgan fingerprint density at radius 1 is 0.933 bits per heavy atom. The number of aromatic hydroxyl groups is 3. The van der Waals surface area contributed by atoms with Gasteiger partial charge in [-0.15, -0.1) is 0 Å². The van der Waals surface area contributed by atoms with Crippen molar-refractivity contribution in [3.63, 3.8) is 0 Å². The van der Waals surface area contributed by atoms with Crippen molar-refractivity contribution in [3.05, 3.63) is 46.5 Å². The Bertz CT molecular complexity index is 1170. The van der Waals surface area contributed by atoms with Gasteiger partial charge in [0.05, 0.1) is 12.5 Å². The van der Waals surface area contributed by atoms with Gasteiger partial charge in [-0.2, -0.15) is 0 Å². The fraction of sp³-hybridized carbons (Fsp3) is 0.360. The maximum Gasteiger partial charge on any atom is 0.130 e. The summed E-state index contributed by atoms with van der Waals surface area (Å²) < 4.78 is 5.56. The van der Waals surface area contributed by atoms with Gasteiger partial charge in [0.25, 0.3) is 0 Å². The van der Waals surface area contributed by atoms with Crippen molar-refractivity contribution < 1.29 is 20.1 Å². The summed E-state index contributed by atoms with van der Waals surface area (Å²) in [5.74, 6) is 0.909. The van der Waals surface area contributed by atoms with Crippen LogP contribution in [0.5, 0.6) is 23.0 Å². The minimum Gasteiger partial charge on any atom is -0.507 e. The minimum absolute atomic E-state index is 0.0167. The van der Waals surface area contributed by atoms with E-state index in [1.807, 2.05) is 26.0 Å². The lowest BCUT2D eigenvalue weighted by Gasteiger charge is -2.39. The van der Waals surface area contributed by atoms with Crippen LogP contribution in [0.15, 0.2) is 24.3 Å². The Morgan fingerprint density at radius 3 is 2.30 bits per heavy atom. The largest absolute Gasteiger partial charge is 0.507 e. The van der Waals surface area contributed by atoms with Gasteiger partial charge in [0.2, 0.25) is 0 Å². The average Bonchev–Trinajstić information content (AvgIpc) is 2.66. The van der Waals surface area contributed by atoms with Gasteiger partial charge in [0.15, 0.2) is 0 Å². The van der Waals surface area contributed by atoms with Crippen LogP contribution in [0.1, 0.15) is 42.1 Å². The molecule has 158 valence electrons. The van der Waals surface area contributed by atoms with Crippen molar-refractivity contribution in [2.24, 2.45) is 0 Å². The van der Waals surface area contributed by atoms with Crippen molar-refractivity contribution in [2.45, 2.75) is 46.2 Å². The summed E-state index contributed by atoms with van der Waals surface area (Å²) in [7, 11) is 3.64. The normalized spacial score (nSPS) is 19.1. The van der Waals surface area contributed by atoms with Crippen molar-refractivity contribution in [2.75, 3.05) is 14.2 Å². The molecular formula is C25H29NO4. The number of rotatable bonds is 2. The molecule has 0 amide bonds. The molecule has 0 saturated carbocycles. The number of likely N-dealkylation sites (N-methyl/N-ethyl adjacent to an activating group) is 1. The van der Waals surface area contributed by atoms with Crippen LogP contribution >= 0.6 is 0 Å². The highest BCUT2D eigenvalue weighted by Gasteiger charge is 2.33. The standard InChI is InChI=1S/C25H29NO4/c1-12-7-16-22(13(2)9-18(27)24(16)21(8-12)30-6)25-17-10-14(3)26(5)15(4)23(17)19(28)11-20(25)29/h7-9,11,14-15,27-29H,10H2,1-6H3. The summed E-state index contributed by atoms with van der Waals surface area (Å²) in [5.41, 5.74) is 5.26. The second-order valence-corrected chi connectivity index (χ2v) is 8.55. The third-order valence-corrected chi connectivity index (χ3v) is 6.65. The summed E-state index contributed by atoms with van der Waals surface area (Å²) in [6, 6.07) is 7.35. The average molecular weight is 408 g/mol. The van der Waals surface area contributed by atoms with Gasteiger partial charge >= 0.3 is 0 Å². The number of aryl methyl sites for hydroxylation is 2. The molecule has 0 radical (unpaired) electrons. The van der Waals surface area contributed by atoms with Crippen molar-refractivity contribution in [1.29, 1.82) is 0 Å². The smallest absolute Gasteiger partial charge is 0.130 e. The van der Waals surface area contributed by atoms with E-state index in [0.717, 1.165) is 38.8 Å². The highest BCUT2D eigenvalue weighted by molar-refractivity contribution is 6.06. The Hall–Kier alpha value is -2.92. The molecule has 0 bridgehead atoms. The van der Waals surface area contributed by atoms with E-state index >= 15 is 0 Å². The Morgan fingerprint density at radius 2 is 1.63 bits per heavy atom. The molecule has 1 heterocycles. The van der Waals surface area contributed by atoms with E-state index in [1.54, 1.807) is 13.2 Å². The van der Waals surface area contributed by atoms with Crippen LogP contribution in [0.25, 0.3) is 21.9 Å². The second kappa shape index (κ2) is 7.10. The first kappa shape index (κ1) is 20.4. The van der Waals surface area contributed by atoms with E-state index in [1.165, 1.54) is 6.07 Å². The lowest BCUT2D eigenvalue weighted by Crippen LogP contribution is -2.38. The molecule has 5 heteroatoms. The number of fused-ring (bicyclic) bond motifs is 2. The van der Waals surface area contributed by atoms with Gasteiger partial charge in [0, 0.05) is 29.3 Å². The summed E-state index contributed by atoms with van der Waals surface area (Å²) in [5, 5.41) is 33.9. The molecule has 2 unspecified atom stereocenters. The van der Waals surface area contributed by atoms with E-state index in [2.05, 4.69) is 25.8 Å². The molecule has 0 spiro atoms. The number of phenols is 3. The summed E-state index contributed by atoms with van der Waals surface area (Å²) in [4.78, 5) is 2.23. The van der Waals surface area contributed by atoms with Crippen LogP contribution in [0, 0.1) is 13.8 Å². The first-order valence-electron chi connectivity index (χ1n) is 10.3. The maximum absolute atomic E-state index is 11.0. The third-order valence-electron chi connectivity index (χ3n) is 6.65. The molecular weight excluding hydrogens is 378 g/mol. The number of benzene rings is 3. The lowest BCUT2D eigenvalue weighted by atomic mass is 9.81. The van der Waals surface area contributed by atoms with Crippen molar-refractivity contribution in [1.82, 2.24) is 4.90 Å². The molecule has 0 fully saturated rings. The van der Waals surface area contributed by atoms with Crippen LogP contribution in [0.3, 0.4) is 0 Å². The number of methoxy groups -OCH3 is 1. The molecule has 3 aromatic rings. The van der Waals surface area contributed by atoms with E-state index in [0.29, 0.717) is 17.6 Å². The molecule has 0 aliphatic carbocycles. The molecule has 3 aromatic carbocycles. The minimum atomic E-state index is 0.0167. The van der Waals surface area contributed by atoms with Crippen LogP contribution in [-0.4, -0.2) is 40.4 Å². The van der Waals surface area contributed by atoms with Gasteiger partial charge in [-0.3, -0.25) is 4.90 Å². The fourth-order valence-corrected chi connectivity index (χ4v) is 4.97. The van der Waals surface area contributed by atoms with Gasteiger partial charge in [-0.1, -0.05) is 6.07 Å². The molecule has 3 N–H and O–H groups in total. The predicted molar refractivity (Wildman–Crippen MR) is 120 cm³/mol. The van der Waals surface area contributed by atoms with E-state index in [9.17, 15) is 15.3 Å². The van der Waals surface area contributed by atoms with E-state index < -0.39 is 0 Å². The Labute approximate surface area is 177 Å². The zero-order chi connectivity index (χ0) is 21.9. The third kappa shape index (κ3) is 2.88. The molecule has 5 nitrogen and oxygen atoms in total. The van der Waals surface area contributed by atoms with E-state index in [4.69, 9.17) is 4.74 Å². The first-order chi connectivity index (χ1) is 14.1. The SMILES string of the molecule is COc1cc(C)cc2c(-c3c(O)cc(O)c4c3CC(C)N(C)C4C)c(C)cc(O)c12. The Kier molecular flexibility index (Phi) is 4.82. The van der Waals surface area contributed by atoms with Gasteiger partial charge in [-0.05, 0) is 80.9 Å². The van der Waals surface area contributed by atoms with Crippen LogP contribution in [0.4, 0.5) is 0 Å². The zero-order valence-electron chi connectivity index (χ0n) is 18.4. The number of hydrogen-bond donors (Lipinski definition) is 3. The van der Waals surface area contributed by atoms with Gasteiger partial charge in [0.1, 0.15) is 23.0 Å². The molecule has 4 rings (SSSR count). The predicted octanol–water partition coefficient (Wildman–Crippen LogP) is 5.19. The van der Waals surface area contributed by atoms with Crippen LogP contribution in [0.2, 0.25) is 0 Å². The molecule has 30 heavy (non-hydrogen) atoms. The quantitative estimate of drug-likeness (QED) is 0.545. The maximum atomic E-state index is 11.0. The topological polar surface area (TPSA) is 73.2 Å². The monoisotopic (exact) mass is 407 g/mol. The molecule has 2 atom stereocenters. The lowest BCUT2D eigenvalue weighted by molar-refractivity contribution is 0.176. The summed E-state index contributed by atoms with van der Waals surface area (Å²) in [6.07, 6.45) is 0.707. The number of ether oxygens (including phenoxy) is 1. The van der Waals surface area contributed by atoms with E-state index in [-0.39, 0.29) is 29.3 Å². The molecule has 1 aliphatic rings. The number of phenolic OH excluding ortho intramolecular Hbond substituents is 3. The van der Waals surface area contributed by atoms with Crippen LogP contribution in [-0.2, 0) is 6.42 Å². The first-order valence-corrected chi connectivity index (χ1v) is 10.3. The fourth-order valence-electron chi connectivity index (χ4n) is 4.97. The van der Waals surface area contributed by atoms with Crippen molar-refractivity contribution >= 4 is 10.8 Å². The number of nitrogens with zero attached hydrogens (tertiary/aromatic N) is 1. The molecule has 0 saturated heterocycles. The summed E-state index contributed by atoms with van der Waals surface area (Å²) >= 11 is 0. The zero-order valence-corrected chi connectivity index (χ0v) is 18.4. The van der Waals surface area contributed by atoms with Gasteiger partial charge < -0.3 is 20.1 Å². The Balaban J connectivity index is 2.17. The summed E-state index contributed by atoms with van der Waals surface area (Å²) in [6.45, 7) is 8.14. The van der Waals surface area contributed by atoms with Crippen molar-refractivity contribution in [3.8, 4) is 34.1 Å². The van der Waals surface area contributed by atoms with Gasteiger partial charge in [-0.25, -0.2) is 0 Å². The highest BCUT2D eigenvalue weighted by Crippen LogP contribution is 2.50. The second-order valence-electron chi connectivity index (χ2n) is 8.55.